The summed E-state index contributed by atoms with van der Waals surface area (Å²) < 4.78 is 0. The van der Waals surface area contributed by atoms with E-state index in [2.05, 4.69) is 48.3 Å². The molecular weight excluding hydrogens is 232 g/mol. The predicted molar refractivity (Wildman–Crippen MR) is 82.1 cm³/mol. The molecule has 1 aliphatic heterocycles. The number of rotatable bonds is 4. The van der Waals surface area contributed by atoms with E-state index in [1.54, 1.807) is 0 Å². The Morgan fingerprint density at radius 2 is 1.74 bits per heavy atom. The molecule has 2 heteroatoms. The summed E-state index contributed by atoms with van der Waals surface area (Å²) in [5.74, 6) is 0. The third kappa shape index (κ3) is 4.63. The Morgan fingerprint density at radius 1 is 1.05 bits per heavy atom. The molecule has 0 aliphatic carbocycles. The van der Waals surface area contributed by atoms with Gasteiger partial charge in [-0.05, 0) is 55.9 Å². The molecule has 19 heavy (non-hydrogen) atoms. The molecule has 0 unspecified atom stereocenters. The first-order valence-corrected chi connectivity index (χ1v) is 7.54. The Bertz CT molecular complexity index is 381. The van der Waals surface area contributed by atoms with Gasteiger partial charge in [-0.25, -0.2) is 0 Å². The van der Waals surface area contributed by atoms with Gasteiger partial charge in [0.05, 0.1) is 0 Å². The minimum atomic E-state index is 0.533. The first-order chi connectivity index (χ1) is 9.09. The van der Waals surface area contributed by atoms with Gasteiger partial charge in [0.2, 0.25) is 0 Å². The van der Waals surface area contributed by atoms with E-state index >= 15 is 0 Å². The lowest BCUT2D eigenvalue weighted by Crippen LogP contribution is -2.25. The van der Waals surface area contributed by atoms with Gasteiger partial charge in [0, 0.05) is 13.1 Å². The van der Waals surface area contributed by atoms with Crippen LogP contribution in [0.4, 0.5) is 0 Å². The van der Waals surface area contributed by atoms with E-state index in [1.807, 2.05) is 7.05 Å². The molecule has 1 aromatic rings. The molecule has 0 spiro atoms. The molecule has 1 N–H and O–H groups in total. The Morgan fingerprint density at radius 3 is 2.42 bits per heavy atom. The van der Waals surface area contributed by atoms with Crippen LogP contribution in [0.3, 0.4) is 0 Å². The van der Waals surface area contributed by atoms with Crippen LogP contribution in [0.15, 0.2) is 24.3 Å². The molecule has 0 bridgehead atoms. The average Bonchev–Trinajstić information content (AvgIpc) is 2.54. The van der Waals surface area contributed by atoms with Crippen LogP contribution in [0.25, 0.3) is 0 Å². The first kappa shape index (κ1) is 14.5. The predicted octanol–water partition coefficient (Wildman–Crippen LogP) is 3.42. The van der Waals surface area contributed by atoms with Gasteiger partial charge >= 0.3 is 0 Å². The molecule has 2 rings (SSSR count). The van der Waals surface area contributed by atoms with Gasteiger partial charge in [0.1, 0.15) is 0 Å². The van der Waals surface area contributed by atoms with Crippen LogP contribution >= 0.6 is 0 Å². The van der Waals surface area contributed by atoms with Crippen molar-refractivity contribution in [2.24, 2.45) is 5.41 Å². The van der Waals surface area contributed by atoms with E-state index in [-0.39, 0.29) is 0 Å². The maximum Gasteiger partial charge on any atom is 0.0233 e. The summed E-state index contributed by atoms with van der Waals surface area (Å²) in [7, 11) is 1.99. The van der Waals surface area contributed by atoms with Gasteiger partial charge in [0.25, 0.3) is 0 Å². The van der Waals surface area contributed by atoms with Gasteiger partial charge in [-0.15, -0.1) is 0 Å². The topological polar surface area (TPSA) is 15.3 Å². The lowest BCUT2D eigenvalue weighted by atomic mass is 9.85. The zero-order valence-electron chi connectivity index (χ0n) is 12.7. The highest BCUT2D eigenvalue weighted by atomic mass is 15.1. The van der Waals surface area contributed by atoms with Crippen LogP contribution in [0, 0.1) is 5.41 Å². The van der Waals surface area contributed by atoms with Crippen LogP contribution < -0.4 is 5.32 Å². The molecule has 1 heterocycles. The second-order valence-corrected chi connectivity index (χ2v) is 6.64. The number of benzene rings is 1. The molecule has 1 aromatic carbocycles. The number of hydrogen-bond acceptors (Lipinski definition) is 2. The highest BCUT2D eigenvalue weighted by Crippen LogP contribution is 2.30. The monoisotopic (exact) mass is 260 g/mol. The lowest BCUT2D eigenvalue weighted by Gasteiger charge is -2.23. The molecule has 0 saturated carbocycles. The smallest absolute Gasteiger partial charge is 0.0233 e. The SMILES string of the molecule is CNCc1ccc(CN2CCCC(C)(C)CC2)cc1. The van der Waals surface area contributed by atoms with E-state index in [0.717, 1.165) is 13.1 Å². The second kappa shape index (κ2) is 6.53. The van der Waals surface area contributed by atoms with Gasteiger partial charge in [-0.3, -0.25) is 4.90 Å². The van der Waals surface area contributed by atoms with Crippen molar-refractivity contribution in [2.45, 2.75) is 46.2 Å². The molecule has 106 valence electrons. The first-order valence-electron chi connectivity index (χ1n) is 7.54. The minimum absolute atomic E-state index is 0.533. The summed E-state index contributed by atoms with van der Waals surface area (Å²) in [5, 5.41) is 3.19. The van der Waals surface area contributed by atoms with E-state index in [4.69, 9.17) is 0 Å². The van der Waals surface area contributed by atoms with Crippen molar-refractivity contribution < 1.29 is 0 Å². The normalized spacial score (nSPS) is 20.2. The van der Waals surface area contributed by atoms with Crippen molar-refractivity contribution in [3.05, 3.63) is 35.4 Å². The summed E-state index contributed by atoms with van der Waals surface area (Å²) >= 11 is 0. The third-order valence-electron chi connectivity index (χ3n) is 4.24. The standard InChI is InChI=1S/C17H28N2/c1-17(2)9-4-11-19(12-10-17)14-16-7-5-15(6-8-16)13-18-3/h5-8,18H,4,9-14H2,1-3H3. The molecule has 0 aromatic heterocycles. The molecular formula is C17H28N2. The highest BCUT2D eigenvalue weighted by Gasteiger charge is 2.22. The van der Waals surface area contributed by atoms with Gasteiger partial charge in [-0.1, -0.05) is 38.1 Å². The van der Waals surface area contributed by atoms with Crippen molar-refractivity contribution in [1.29, 1.82) is 0 Å². The maximum atomic E-state index is 3.19. The van der Waals surface area contributed by atoms with E-state index in [0.29, 0.717) is 5.41 Å². The van der Waals surface area contributed by atoms with Crippen LogP contribution in [0.1, 0.15) is 44.2 Å². The molecule has 0 radical (unpaired) electrons. The third-order valence-corrected chi connectivity index (χ3v) is 4.24. The number of nitrogens with zero attached hydrogens (tertiary/aromatic N) is 1. The quantitative estimate of drug-likeness (QED) is 0.892. The molecule has 1 aliphatic rings. The van der Waals surface area contributed by atoms with E-state index in [1.165, 1.54) is 43.5 Å². The molecule has 0 atom stereocenters. The summed E-state index contributed by atoms with van der Waals surface area (Å²) in [6.07, 6.45) is 4.03. The van der Waals surface area contributed by atoms with Gasteiger partial charge in [-0.2, -0.15) is 0 Å². The summed E-state index contributed by atoms with van der Waals surface area (Å²) in [4.78, 5) is 2.61. The highest BCUT2D eigenvalue weighted by molar-refractivity contribution is 5.22. The van der Waals surface area contributed by atoms with Gasteiger partial charge in [0.15, 0.2) is 0 Å². The fourth-order valence-corrected chi connectivity index (χ4v) is 2.86. The fraction of sp³-hybridized carbons (Fsp3) is 0.647. The van der Waals surface area contributed by atoms with Crippen molar-refractivity contribution >= 4 is 0 Å². The second-order valence-electron chi connectivity index (χ2n) is 6.64. The van der Waals surface area contributed by atoms with Crippen molar-refractivity contribution in [1.82, 2.24) is 10.2 Å². The van der Waals surface area contributed by atoms with Crippen LogP contribution in [-0.2, 0) is 13.1 Å². The van der Waals surface area contributed by atoms with Crippen molar-refractivity contribution in [3.8, 4) is 0 Å². The Labute approximate surface area is 118 Å². The number of likely N-dealkylation sites (tertiary alicyclic amines) is 1. The van der Waals surface area contributed by atoms with Gasteiger partial charge < -0.3 is 5.32 Å². The summed E-state index contributed by atoms with van der Waals surface area (Å²) in [6, 6.07) is 9.05. The van der Waals surface area contributed by atoms with Crippen LogP contribution in [0.2, 0.25) is 0 Å². The van der Waals surface area contributed by atoms with E-state index in [9.17, 15) is 0 Å². The zero-order chi connectivity index (χ0) is 13.7. The minimum Gasteiger partial charge on any atom is -0.316 e. The molecule has 0 amide bonds. The summed E-state index contributed by atoms with van der Waals surface area (Å²) in [5.41, 5.74) is 3.34. The summed E-state index contributed by atoms with van der Waals surface area (Å²) in [6.45, 7) is 9.37. The Hall–Kier alpha value is -0.860. The average molecular weight is 260 g/mol. The largest absolute Gasteiger partial charge is 0.316 e. The van der Waals surface area contributed by atoms with Crippen LogP contribution in [0.5, 0.6) is 0 Å². The number of hydrogen-bond donors (Lipinski definition) is 1. The molecule has 1 fully saturated rings. The van der Waals surface area contributed by atoms with Crippen molar-refractivity contribution in [3.63, 3.8) is 0 Å². The fourth-order valence-electron chi connectivity index (χ4n) is 2.86. The van der Waals surface area contributed by atoms with Crippen molar-refractivity contribution in [2.75, 3.05) is 20.1 Å². The maximum absolute atomic E-state index is 3.19. The Kier molecular flexibility index (Phi) is 5.00. The zero-order valence-corrected chi connectivity index (χ0v) is 12.7. The lowest BCUT2D eigenvalue weighted by molar-refractivity contribution is 0.256. The Balaban J connectivity index is 1.90. The van der Waals surface area contributed by atoms with Crippen LogP contribution in [-0.4, -0.2) is 25.0 Å². The number of nitrogens with one attached hydrogen (secondary N) is 1. The molecule has 1 saturated heterocycles. The van der Waals surface area contributed by atoms with E-state index < -0.39 is 0 Å². The molecule has 2 nitrogen and oxygen atoms in total.